The highest BCUT2D eigenvalue weighted by atomic mass is 16.2. The zero-order valence-electron chi connectivity index (χ0n) is 10.1. The second kappa shape index (κ2) is 4.12. The second-order valence-corrected chi connectivity index (χ2v) is 5.12. The van der Waals surface area contributed by atoms with Crippen molar-refractivity contribution in [1.29, 1.82) is 0 Å². The first kappa shape index (κ1) is 11.3. The topological polar surface area (TPSA) is 63.4 Å². The van der Waals surface area contributed by atoms with Crippen LogP contribution in [0.4, 0.5) is 5.69 Å². The number of hydrogen-bond donors (Lipinski definition) is 1. The van der Waals surface area contributed by atoms with Crippen LogP contribution in [-0.2, 0) is 16.0 Å². The number of imide groups is 1. The summed E-state index contributed by atoms with van der Waals surface area (Å²) in [6, 6.07) is 7.72. The van der Waals surface area contributed by atoms with Crippen LogP contribution in [0, 0.1) is 11.8 Å². The third kappa shape index (κ3) is 1.88. The highest BCUT2D eigenvalue weighted by Crippen LogP contribution is 2.46. The molecule has 2 N–H and O–H groups in total. The van der Waals surface area contributed by atoms with Crippen molar-refractivity contribution in [2.24, 2.45) is 11.8 Å². The molecule has 2 unspecified atom stereocenters. The van der Waals surface area contributed by atoms with E-state index >= 15 is 0 Å². The van der Waals surface area contributed by atoms with E-state index in [1.165, 1.54) is 10.5 Å². The molecule has 4 heteroatoms. The van der Waals surface area contributed by atoms with Crippen LogP contribution in [0.15, 0.2) is 24.3 Å². The van der Waals surface area contributed by atoms with Crippen molar-refractivity contribution in [1.82, 2.24) is 4.90 Å². The second-order valence-electron chi connectivity index (χ2n) is 5.12. The van der Waals surface area contributed by atoms with E-state index in [0.29, 0.717) is 6.54 Å². The Balaban J connectivity index is 1.52. The summed E-state index contributed by atoms with van der Waals surface area (Å²) >= 11 is 0. The van der Waals surface area contributed by atoms with Crippen LogP contribution < -0.4 is 5.73 Å². The largest absolute Gasteiger partial charge is 0.399 e. The highest BCUT2D eigenvalue weighted by Gasteiger charge is 2.58. The minimum absolute atomic E-state index is 0.0222. The average Bonchev–Trinajstić information content (AvgIpc) is 3.11. The van der Waals surface area contributed by atoms with E-state index in [2.05, 4.69) is 0 Å². The van der Waals surface area contributed by atoms with Crippen LogP contribution in [0.2, 0.25) is 0 Å². The zero-order chi connectivity index (χ0) is 12.7. The Labute approximate surface area is 106 Å². The van der Waals surface area contributed by atoms with E-state index < -0.39 is 0 Å². The molecule has 1 aliphatic carbocycles. The number of benzene rings is 1. The van der Waals surface area contributed by atoms with E-state index in [-0.39, 0.29) is 23.7 Å². The molecule has 1 heterocycles. The van der Waals surface area contributed by atoms with Gasteiger partial charge in [-0.15, -0.1) is 0 Å². The van der Waals surface area contributed by atoms with E-state index in [0.717, 1.165) is 24.9 Å². The van der Waals surface area contributed by atoms with Gasteiger partial charge in [-0.1, -0.05) is 12.1 Å². The summed E-state index contributed by atoms with van der Waals surface area (Å²) in [4.78, 5) is 24.9. The number of nitrogens with two attached hydrogens (primary N) is 1. The van der Waals surface area contributed by atoms with Gasteiger partial charge in [-0.3, -0.25) is 14.5 Å². The molecule has 18 heavy (non-hydrogen) atoms. The van der Waals surface area contributed by atoms with E-state index in [9.17, 15) is 9.59 Å². The van der Waals surface area contributed by atoms with Gasteiger partial charge in [-0.05, 0) is 37.0 Å². The Morgan fingerprint density at radius 3 is 2.33 bits per heavy atom. The lowest BCUT2D eigenvalue weighted by Crippen LogP contribution is -2.33. The number of aryl methyl sites for hydroxylation is 1. The number of rotatable bonds is 4. The molecule has 3 rings (SSSR count). The summed E-state index contributed by atoms with van der Waals surface area (Å²) in [5.41, 5.74) is 7.56. The van der Waals surface area contributed by atoms with Crippen LogP contribution in [0.25, 0.3) is 0 Å². The summed E-state index contributed by atoms with van der Waals surface area (Å²) in [7, 11) is 0. The molecule has 1 saturated heterocycles. The maximum atomic E-state index is 11.7. The number of fused-ring (bicyclic) bond motifs is 1. The Morgan fingerprint density at radius 2 is 1.72 bits per heavy atom. The first-order valence-electron chi connectivity index (χ1n) is 6.36. The number of likely N-dealkylation sites (tertiary alicyclic amines) is 1. The van der Waals surface area contributed by atoms with Crippen molar-refractivity contribution in [2.75, 3.05) is 12.3 Å². The number of carbonyl (C=O) groups is 2. The van der Waals surface area contributed by atoms with Crippen molar-refractivity contribution in [3.8, 4) is 0 Å². The molecule has 0 bridgehead atoms. The SMILES string of the molecule is Nc1ccc(CCCN2C(=O)C3CC3C2=O)cc1. The van der Waals surface area contributed by atoms with Gasteiger partial charge >= 0.3 is 0 Å². The molecular formula is C14H16N2O2. The quantitative estimate of drug-likeness (QED) is 0.639. The molecule has 2 atom stereocenters. The number of carbonyl (C=O) groups excluding carboxylic acids is 2. The number of hydrogen-bond acceptors (Lipinski definition) is 3. The third-order valence-corrected chi connectivity index (χ3v) is 3.78. The molecule has 4 nitrogen and oxygen atoms in total. The van der Waals surface area contributed by atoms with E-state index in [1.807, 2.05) is 24.3 Å². The highest BCUT2D eigenvalue weighted by molar-refractivity contribution is 6.08. The predicted molar refractivity (Wildman–Crippen MR) is 67.5 cm³/mol. The molecule has 2 amide bonds. The number of nitrogens with zero attached hydrogens (tertiary/aromatic N) is 1. The van der Waals surface area contributed by atoms with Gasteiger partial charge < -0.3 is 5.73 Å². The molecular weight excluding hydrogens is 228 g/mol. The summed E-state index contributed by atoms with van der Waals surface area (Å²) in [5, 5.41) is 0. The molecule has 0 aromatic heterocycles. The van der Waals surface area contributed by atoms with Crippen molar-refractivity contribution >= 4 is 17.5 Å². The first-order valence-corrected chi connectivity index (χ1v) is 6.36. The number of piperidine rings is 1. The van der Waals surface area contributed by atoms with Crippen molar-refractivity contribution in [3.63, 3.8) is 0 Å². The summed E-state index contributed by atoms with van der Waals surface area (Å²) < 4.78 is 0. The zero-order valence-corrected chi connectivity index (χ0v) is 10.1. The van der Waals surface area contributed by atoms with Crippen molar-refractivity contribution in [3.05, 3.63) is 29.8 Å². The molecule has 1 aromatic rings. The number of nitrogen functional groups attached to an aromatic ring is 1. The molecule has 94 valence electrons. The Kier molecular flexibility index (Phi) is 2.58. The lowest BCUT2D eigenvalue weighted by molar-refractivity contribution is -0.141. The number of anilines is 1. The summed E-state index contributed by atoms with van der Waals surface area (Å²) in [6.45, 7) is 0.551. The van der Waals surface area contributed by atoms with Crippen molar-refractivity contribution < 1.29 is 9.59 Å². The van der Waals surface area contributed by atoms with Crippen LogP contribution in [0.5, 0.6) is 0 Å². The Hall–Kier alpha value is -1.84. The smallest absolute Gasteiger partial charge is 0.233 e. The van der Waals surface area contributed by atoms with Crippen LogP contribution in [-0.4, -0.2) is 23.3 Å². The maximum absolute atomic E-state index is 11.7. The lowest BCUT2D eigenvalue weighted by Gasteiger charge is -2.15. The first-order chi connectivity index (χ1) is 8.66. The van der Waals surface area contributed by atoms with Gasteiger partial charge in [-0.2, -0.15) is 0 Å². The van der Waals surface area contributed by atoms with Gasteiger partial charge in [0.05, 0.1) is 11.8 Å². The maximum Gasteiger partial charge on any atom is 0.233 e. The van der Waals surface area contributed by atoms with Crippen LogP contribution >= 0.6 is 0 Å². The fraction of sp³-hybridized carbons (Fsp3) is 0.429. The Bertz CT molecular complexity index is 475. The molecule has 1 saturated carbocycles. The van der Waals surface area contributed by atoms with Gasteiger partial charge in [0.25, 0.3) is 0 Å². The lowest BCUT2D eigenvalue weighted by atomic mass is 10.1. The standard InChI is InChI=1S/C14H16N2O2/c15-10-5-3-9(4-6-10)2-1-7-16-13(17)11-8-12(11)14(16)18/h3-6,11-12H,1-2,7-8,15H2. The minimum atomic E-state index is 0.0222. The van der Waals surface area contributed by atoms with Gasteiger partial charge in [0.2, 0.25) is 11.8 Å². The van der Waals surface area contributed by atoms with Crippen molar-refractivity contribution in [2.45, 2.75) is 19.3 Å². The average molecular weight is 244 g/mol. The monoisotopic (exact) mass is 244 g/mol. The minimum Gasteiger partial charge on any atom is -0.399 e. The summed E-state index contributed by atoms with van der Waals surface area (Å²) in [5.74, 6) is 0.132. The molecule has 2 aliphatic rings. The van der Waals surface area contributed by atoms with E-state index in [1.54, 1.807) is 0 Å². The summed E-state index contributed by atoms with van der Waals surface area (Å²) in [6.07, 6.45) is 2.47. The molecule has 2 fully saturated rings. The molecule has 1 aliphatic heterocycles. The Morgan fingerprint density at radius 1 is 1.11 bits per heavy atom. The predicted octanol–water partition coefficient (Wildman–Crippen LogP) is 1.21. The normalized spacial score (nSPS) is 25.4. The molecule has 1 aromatic carbocycles. The van der Waals surface area contributed by atoms with Crippen LogP contribution in [0.1, 0.15) is 18.4 Å². The van der Waals surface area contributed by atoms with E-state index in [4.69, 9.17) is 5.73 Å². The number of amides is 2. The fourth-order valence-corrected chi connectivity index (χ4v) is 2.60. The third-order valence-electron chi connectivity index (χ3n) is 3.78. The van der Waals surface area contributed by atoms with Gasteiger partial charge in [0.1, 0.15) is 0 Å². The van der Waals surface area contributed by atoms with Gasteiger partial charge in [0.15, 0.2) is 0 Å². The molecule has 0 spiro atoms. The van der Waals surface area contributed by atoms with Gasteiger partial charge in [0, 0.05) is 12.2 Å². The fourth-order valence-electron chi connectivity index (χ4n) is 2.60. The molecule has 0 radical (unpaired) electrons. The van der Waals surface area contributed by atoms with Crippen LogP contribution in [0.3, 0.4) is 0 Å². The van der Waals surface area contributed by atoms with Gasteiger partial charge in [-0.25, -0.2) is 0 Å².